The van der Waals surface area contributed by atoms with Crippen molar-refractivity contribution in [3.05, 3.63) is 59.7 Å². The average molecular weight is 241 g/mol. The molecule has 0 heterocycles. The lowest BCUT2D eigenvalue weighted by Gasteiger charge is -2.12. The lowest BCUT2D eigenvalue weighted by Crippen LogP contribution is -2.10. The van der Waals surface area contributed by atoms with E-state index in [1.165, 1.54) is 11.1 Å². The van der Waals surface area contributed by atoms with Crippen molar-refractivity contribution in [2.75, 3.05) is 12.0 Å². The van der Waals surface area contributed by atoms with E-state index < -0.39 is 0 Å². The molecule has 2 heteroatoms. The van der Waals surface area contributed by atoms with Gasteiger partial charge in [0.15, 0.2) is 6.73 Å². The first kappa shape index (κ1) is 12.5. The van der Waals surface area contributed by atoms with Crippen LogP contribution in [0, 0.1) is 6.92 Å². The van der Waals surface area contributed by atoms with Gasteiger partial charge in [0.1, 0.15) is 5.75 Å². The molecule has 2 aromatic carbocycles. The number of benzene rings is 2. The van der Waals surface area contributed by atoms with Crippen LogP contribution in [0.4, 0.5) is 5.69 Å². The first-order valence-electron chi connectivity index (χ1n) is 6.31. The van der Waals surface area contributed by atoms with E-state index in [9.17, 15) is 0 Å². The van der Waals surface area contributed by atoms with Gasteiger partial charge in [0.05, 0.1) is 0 Å². The predicted octanol–water partition coefficient (Wildman–Crippen LogP) is 4.01. The van der Waals surface area contributed by atoms with Gasteiger partial charge in [0.2, 0.25) is 0 Å². The van der Waals surface area contributed by atoms with E-state index >= 15 is 0 Å². The third-order valence-electron chi connectivity index (χ3n) is 2.92. The third-order valence-corrected chi connectivity index (χ3v) is 2.92. The van der Waals surface area contributed by atoms with Crippen molar-refractivity contribution in [2.24, 2.45) is 0 Å². The zero-order valence-electron chi connectivity index (χ0n) is 10.9. The second kappa shape index (κ2) is 6.10. The Hall–Kier alpha value is -1.96. The van der Waals surface area contributed by atoms with E-state index in [0.29, 0.717) is 6.73 Å². The van der Waals surface area contributed by atoms with Gasteiger partial charge in [-0.3, -0.25) is 0 Å². The molecule has 0 aliphatic carbocycles. The first-order valence-corrected chi connectivity index (χ1v) is 6.31. The molecule has 2 aromatic rings. The van der Waals surface area contributed by atoms with Crippen molar-refractivity contribution >= 4 is 5.69 Å². The minimum absolute atomic E-state index is 0.486. The molecule has 1 N–H and O–H groups in total. The number of ether oxygens (including phenoxy) is 1. The van der Waals surface area contributed by atoms with Gasteiger partial charge in [-0.15, -0.1) is 0 Å². The molecule has 0 aliphatic rings. The fourth-order valence-electron chi connectivity index (χ4n) is 1.83. The quantitative estimate of drug-likeness (QED) is 0.799. The van der Waals surface area contributed by atoms with Crippen molar-refractivity contribution < 1.29 is 4.74 Å². The summed E-state index contributed by atoms with van der Waals surface area (Å²) in [5.41, 5.74) is 3.70. The maximum absolute atomic E-state index is 5.65. The second-order valence-corrected chi connectivity index (χ2v) is 4.29. The van der Waals surface area contributed by atoms with Crippen molar-refractivity contribution in [1.82, 2.24) is 0 Å². The Balaban J connectivity index is 1.90. The van der Waals surface area contributed by atoms with Gasteiger partial charge in [0, 0.05) is 5.69 Å². The third kappa shape index (κ3) is 3.27. The number of rotatable bonds is 5. The molecule has 18 heavy (non-hydrogen) atoms. The smallest absolute Gasteiger partial charge is 0.159 e. The molecule has 0 bridgehead atoms. The monoisotopic (exact) mass is 241 g/mol. The van der Waals surface area contributed by atoms with Crippen LogP contribution in [0.3, 0.4) is 0 Å². The van der Waals surface area contributed by atoms with Gasteiger partial charge in [0.25, 0.3) is 0 Å². The van der Waals surface area contributed by atoms with E-state index in [1.54, 1.807) is 0 Å². The molecule has 0 saturated carbocycles. The summed E-state index contributed by atoms with van der Waals surface area (Å²) in [5, 5.41) is 3.31. The van der Waals surface area contributed by atoms with Gasteiger partial charge in [-0.25, -0.2) is 0 Å². The van der Waals surface area contributed by atoms with E-state index in [2.05, 4.69) is 49.5 Å². The minimum Gasteiger partial charge on any atom is -0.473 e. The molecule has 2 nitrogen and oxygen atoms in total. The average Bonchev–Trinajstić information content (AvgIpc) is 2.41. The number of hydrogen-bond acceptors (Lipinski definition) is 2. The fourth-order valence-corrected chi connectivity index (χ4v) is 1.83. The summed E-state index contributed by atoms with van der Waals surface area (Å²) >= 11 is 0. The van der Waals surface area contributed by atoms with E-state index in [0.717, 1.165) is 17.9 Å². The molecule has 94 valence electrons. The Bertz CT molecular complexity index is 491. The lowest BCUT2D eigenvalue weighted by molar-refractivity contribution is 0.346. The molecule has 0 radical (unpaired) electrons. The SMILES string of the molecule is CCc1ccccc1NCOc1ccc(C)cc1. The van der Waals surface area contributed by atoms with Crippen LogP contribution < -0.4 is 10.1 Å². The van der Waals surface area contributed by atoms with Crippen molar-refractivity contribution in [1.29, 1.82) is 0 Å². The fraction of sp³-hybridized carbons (Fsp3) is 0.250. The summed E-state index contributed by atoms with van der Waals surface area (Å²) in [6.07, 6.45) is 1.02. The summed E-state index contributed by atoms with van der Waals surface area (Å²) in [4.78, 5) is 0. The standard InChI is InChI=1S/C16H19NO/c1-3-14-6-4-5-7-16(14)17-12-18-15-10-8-13(2)9-11-15/h4-11,17H,3,12H2,1-2H3. The summed E-state index contributed by atoms with van der Waals surface area (Å²) in [5.74, 6) is 0.891. The highest BCUT2D eigenvalue weighted by Crippen LogP contribution is 2.16. The largest absolute Gasteiger partial charge is 0.473 e. The number of para-hydroxylation sites is 1. The van der Waals surface area contributed by atoms with Crippen LogP contribution in [0.25, 0.3) is 0 Å². The maximum Gasteiger partial charge on any atom is 0.159 e. The second-order valence-electron chi connectivity index (χ2n) is 4.29. The molecular formula is C16H19NO. The predicted molar refractivity (Wildman–Crippen MR) is 76.1 cm³/mol. The van der Waals surface area contributed by atoms with Crippen LogP contribution in [0.1, 0.15) is 18.1 Å². The Morgan fingerprint density at radius 3 is 2.44 bits per heavy atom. The topological polar surface area (TPSA) is 21.3 Å². The van der Waals surface area contributed by atoms with Gasteiger partial charge in [-0.1, -0.05) is 42.8 Å². The van der Waals surface area contributed by atoms with Crippen molar-refractivity contribution in [2.45, 2.75) is 20.3 Å². The van der Waals surface area contributed by atoms with Crippen LogP contribution in [0.15, 0.2) is 48.5 Å². The highest BCUT2D eigenvalue weighted by Gasteiger charge is 1.98. The van der Waals surface area contributed by atoms with E-state index in [-0.39, 0.29) is 0 Å². The lowest BCUT2D eigenvalue weighted by atomic mass is 10.1. The summed E-state index contributed by atoms with van der Waals surface area (Å²) in [7, 11) is 0. The normalized spacial score (nSPS) is 10.1. The van der Waals surface area contributed by atoms with Crippen LogP contribution in [-0.4, -0.2) is 6.73 Å². The van der Waals surface area contributed by atoms with E-state index in [4.69, 9.17) is 4.74 Å². The molecule has 0 spiro atoms. The van der Waals surface area contributed by atoms with Crippen LogP contribution in [-0.2, 0) is 6.42 Å². The highest BCUT2D eigenvalue weighted by molar-refractivity contribution is 5.50. The molecule has 0 fully saturated rings. The molecule has 0 unspecified atom stereocenters. The van der Waals surface area contributed by atoms with Crippen LogP contribution in [0.5, 0.6) is 5.75 Å². The summed E-state index contributed by atoms with van der Waals surface area (Å²) in [6.45, 7) is 4.71. The number of nitrogens with one attached hydrogen (secondary N) is 1. The molecule has 0 saturated heterocycles. The highest BCUT2D eigenvalue weighted by atomic mass is 16.5. The maximum atomic E-state index is 5.65. The van der Waals surface area contributed by atoms with Gasteiger partial charge < -0.3 is 10.1 Å². The van der Waals surface area contributed by atoms with Gasteiger partial charge >= 0.3 is 0 Å². The minimum atomic E-state index is 0.486. The molecular weight excluding hydrogens is 222 g/mol. The Labute approximate surface area is 109 Å². The molecule has 0 aromatic heterocycles. The summed E-state index contributed by atoms with van der Waals surface area (Å²) in [6, 6.07) is 16.4. The Morgan fingerprint density at radius 2 is 1.72 bits per heavy atom. The summed E-state index contributed by atoms with van der Waals surface area (Å²) < 4.78 is 5.65. The van der Waals surface area contributed by atoms with E-state index in [1.807, 2.05) is 18.2 Å². The Morgan fingerprint density at radius 1 is 1.00 bits per heavy atom. The van der Waals surface area contributed by atoms with Crippen LogP contribution >= 0.6 is 0 Å². The zero-order chi connectivity index (χ0) is 12.8. The zero-order valence-corrected chi connectivity index (χ0v) is 10.9. The molecule has 0 amide bonds. The van der Waals surface area contributed by atoms with Crippen LogP contribution in [0.2, 0.25) is 0 Å². The number of aryl methyl sites for hydroxylation is 2. The van der Waals surface area contributed by atoms with Crippen molar-refractivity contribution in [3.63, 3.8) is 0 Å². The Kier molecular flexibility index (Phi) is 4.24. The molecule has 0 atom stereocenters. The first-order chi connectivity index (χ1) is 8.79. The number of hydrogen-bond donors (Lipinski definition) is 1. The van der Waals surface area contributed by atoms with Crippen molar-refractivity contribution in [3.8, 4) is 5.75 Å². The number of anilines is 1. The van der Waals surface area contributed by atoms with Gasteiger partial charge in [-0.05, 0) is 37.1 Å². The van der Waals surface area contributed by atoms with Gasteiger partial charge in [-0.2, -0.15) is 0 Å². The molecule has 0 aliphatic heterocycles. The molecule has 2 rings (SSSR count).